The first-order chi connectivity index (χ1) is 8.81. The van der Waals surface area contributed by atoms with E-state index in [1.54, 1.807) is 0 Å². The van der Waals surface area contributed by atoms with E-state index in [0.717, 1.165) is 12.1 Å². The Labute approximate surface area is 111 Å². The first-order valence-corrected chi connectivity index (χ1v) is 6.21. The van der Waals surface area contributed by atoms with Crippen LogP contribution in [0.4, 0.5) is 8.78 Å². The molecule has 0 spiro atoms. The second-order valence-corrected chi connectivity index (χ2v) is 5.83. The van der Waals surface area contributed by atoms with Crippen LogP contribution >= 0.6 is 0 Å². The van der Waals surface area contributed by atoms with Gasteiger partial charge in [0.25, 0.3) is 0 Å². The van der Waals surface area contributed by atoms with E-state index < -0.39 is 22.5 Å². The van der Waals surface area contributed by atoms with E-state index in [1.165, 1.54) is 6.07 Å². The largest absolute Gasteiger partial charge is 0.297 e. The molecule has 19 heavy (non-hydrogen) atoms. The number of benzene rings is 1. The van der Waals surface area contributed by atoms with Crippen LogP contribution in [0, 0.1) is 33.8 Å². The molecule has 0 heterocycles. The van der Waals surface area contributed by atoms with Gasteiger partial charge in [0.1, 0.15) is 5.41 Å². The van der Waals surface area contributed by atoms with Gasteiger partial charge in [0.05, 0.1) is 6.07 Å². The summed E-state index contributed by atoms with van der Waals surface area (Å²) in [6.07, 6.45) is 1.25. The van der Waals surface area contributed by atoms with E-state index >= 15 is 0 Å². The van der Waals surface area contributed by atoms with Crippen LogP contribution in [0.5, 0.6) is 0 Å². The number of hydrogen-bond acceptors (Lipinski definition) is 2. The van der Waals surface area contributed by atoms with Crippen LogP contribution in [0.1, 0.15) is 32.3 Å². The van der Waals surface area contributed by atoms with Crippen molar-refractivity contribution in [3.63, 3.8) is 0 Å². The Morgan fingerprint density at radius 1 is 1.26 bits per heavy atom. The Balaban J connectivity index is 2.33. The maximum atomic E-state index is 13.2. The molecular weight excluding hydrogens is 248 g/mol. The second kappa shape index (κ2) is 4.41. The predicted octanol–water partition coefficient (Wildman–Crippen LogP) is 3.41. The van der Waals surface area contributed by atoms with Crippen molar-refractivity contribution in [2.24, 2.45) is 10.8 Å². The normalized spacial score (nSPS) is 25.3. The molecular formula is C15H15F2NO. The summed E-state index contributed by atoms with van der Waals surface area (Å²) in [7, 11) is 0. The van der Waals surface area contributed by atoms with Crippen LogP contribution < -0.4 is 0 Å². The Bertz CT molecular complexity index is 574. The quantitative estimate of drug-likeness (QED) is 0.820. The lowest BCUT2D eigenvalue weighted by molar-refractivity contribution is -0.130. The van der Waals surface area contributed by atoms with Crippen molar-refractivity contribution in [3.05, 3.63) is 35.4 Å². The molecule has 1 unspecified atom stereocenters. The van der Waals surface area contributed by atoms with Gasteiger partial charge in [-0.25, -0.2) is 8.78 Å². The minimum Gasteiger partial charge on any atom is -0.297 e. The summed E-state index contributed by atoms with van der Waals surface area (Å²) < 4.78 is 26.1. The highest BCUT2D eigenvalue weighted by Crippen LogP contribution is 2.47. The molecule has 1 aliphatic carbocycles. The Morgan fingerprint density at radius 3 is 2.42 bits per heavy atom. The van der Waals surface area contributed by atoms with Crippen LogP contribution in [0.25, 0.3) is 0 Å². The molecule has 0 bridgehead atoms. The third-order valence-electron chi connectivity index (χ3n) is 3.93. The Morgan fingerprint density at radius 2 is 1.95 bits per heavy atom. The predicted molar refractivity (Wildman–Crippen MR) is 66.1 cm³/mol. The van der Waals surface area contributed by atoms with Gasteiger partial charge in [0.15, 0.2) is 17.4 Å². The van der Waals surface area contributed by atoms with E-state index in [-0.39, 0.29) is 12.2 Å². The highest BCUT2D eigenvalue weighted by atomic mass is 19.2. The monoisotopic (exact) mass is 263 g/mol. The van der Waals surface area contributed by atoms with Gasteiger partial charge in [-0.05, 0) is 37.0 Å². The van der Waals surface area contributed by atoms with Gasteiger partial charge < -0.3 is 0 Å². The molecule has 0 aromatic heterocycles. The molecule has 0 aliphatic heterocycles. The molecule has 0 amide bonds. The first kappa shape index (κ1) is 13.7. The lowest BCUT2D eigenvalue weighted by atomic mass is 9.77. The molecule has 1 aliphatic rings. The molecule has 1 atom stereocenters. The number of carbonyl (C=O) groups is 1. The standard InChI is InChI=1S/C15H15F2NO/c1-14(2)5-6-15(9-18,13(14)19)8-10-3-4-11(16)12(17)7-10/h3-4,7H,5-6,8H2,1-2H3. The van der Waals surface area contributed by atoms with E-state index in [4.69, 9.17) is 0 Å². The summed E-state index contributed by atoms with van der Waals surface area (Å²) >= 11 is 0. The van der Waals surface area contributed by atoms with Crippen molar-refractivity contribution < 1.29 is 13.6 Å². The van der Waals surface area contributed by atoms with E-state index in [0.29, 0.717) is 18.4 Å². The SMILES string of the molecule is CC1(C)CCC(C#N)(Cc2ccc(F)c(F)c2)C1=O. The third kappa shape index (κ3) is 2.25. The molecule has 0 radical (unpaired) electrons. The minimum absolute atomic E-state index is 0.104. The molecule has 0 N–H and O–H groups in total. The lowest BCUT2D eigenvalue weighted by Crippen LogP contribution is -2.33. The number of carbonyl (C=O) groups excluding carboxylic acids is 1. The summed E-state index contributed by atoms with van der Waals surface area (Å²) in [5.41, 5.74) is -1.14. The fourth-order valence-corrected chi connectivity index (χ4v) is 2.71. The third-order valence-corrected chi connectivity index (χ3v) is 3.93. The van der Waals surface area contributed by atoms with Crippen LogP contribution in [0.3, 0.4) is 0 Å². The molecule has 2 nitrogen and oxygen atoms in total. The summed E-state index contributed by atoms with van der Waals surface area (Å²) in [6, 6.07) is 5.62. The zero-order valence-corrected chi connectivity index (χ0v) is 11.0. The molecule has 4 heteroatoms. The van der Waals surface area contributed by atoms with E-state index in [1.807, 2.05) is 13.8 Å². The molecule has 100 valence electrons. The van der Waals surface area contributed by atoms with E-state index in [2.05, 4.69) is 6.07 Å². The average Bonchev–Trinajstić information content (AvgIpc) is 2.59. The van der Waals surface area contributed by atoms with Gasteiger partial charge in [-0.3, -0.25) is 4.79 Å². The summed E-state index contributed by atoms with van der Waals surface area (Å²) in [6.45, 7) is 3.64. The van der Waals surface area contributed by atoms with Crippen LogP contribution in [0.15, 0.2) is 18.2 Å². The lowest BCUT2D eigenvalue weighted by Gasteiger charge is -2.22. The van der Waals surface area contributed by atoms with Gasteiger partial charge in [-0.2, -0.15) is 5.26 Å². The van der Waals surface area contributed by atoms with Crippen LogP contribution in [0.2, 0.25) is 0 Å². The fourth-order valence-electron chi connectivity index (χ4n) is 2.71. The van der Waals surface area contributed by atoms with Crippen molar-refractivity contribution in [2.75, 3.05) is 0 Å². The zero-order valence-electron chi connectivity index (χ0n) is 11.0. The van der Waals surface area contributed by atoms with Crippen LogP contribution in [-0.2, 0) is 11.2 Å². The van der Waals surface area contributed by atoms with Gasteiger partial charge in [0.2, 0.25) is 0 Å². The smallest absolute Gasteiger partial charge is 0.159 e. The molecule has 1 aromatic rings. The Hall–Kier alpha value is -1.76. The summed E-state index contributed by atoms with van der Waals surface area (Å²) in [5.74, 6) is -1.98. The maximum Gasteiger partial charge on any atom is 0.159 e. The second-order valence-electron chi connectivity index (χ2n) is 5.83. The number of rotatable bonds is 2. The highest BCUT2D eigenvalue weighted by Gasteiger charge is 2.52. The molecule has 2 rings (SSSR count). The van der Waals surface area contributed by atoms with Crippen molar-refractivity contribution >= 4 is 5.78 Å². The van der Waals surface area contributed by atoms with Gasteiger partial charge in [-0.15, -0.1) is 0 Å². The van der Waals surface area contributed by atoms with Crippen molar-refractivity contribution in [1.82, 2.24) is 0 Å². The highest BCUT2D eigenvalue weighted by molar-refractivity contribution is 5.94. The molecule has 1 saturated carbocycles. The summed E-state index contributed by atoms with van der Waals surface area (Å²) in [4.78, 5) is 12.3. The van der Waals surface area contributed by atoms with Crippen molar-refractivity contribution in [1.29, 1.82) is 5.26 Å². The van der Waals surface area contributed by atoms with Crippen LogP contribution in [-0.4, -0.2) is 5.78 Å². The number of Topliss-reactive ketones (excluding diaryl/α,β-unsaturated/α-hetero) is 1. The fraction of sp³-hybridized carbons (Fsp3) is 0.467. The maximum absolute atomic E-state index is 13.2. The van der Waals surface area contributed by atoms with Gasteiger partial charge in [-0.1, -0.05) is 19.9 Å². The number of nitrogens with zero attached hydrogens (tertiary/aromatic N) is 1. The molecule has 1 aromatic carbocycles. The first-order valence-electron chi connectivity index (χ1n) is 6.21. The Kier molecular flexibility index (Phi) is 3.17. The van der Waals surface area contributed by atoms with Gasteiger partial charge >= 0.3 is 0 Å². The number of halogens is 2. The molecule has 1 fully saturated rings. The molecule has 0 saturated heterocycles. The van der Waals surface area contributed by atoms with Gasteiger partial charge in [0, 0.05) is 5.41 Å². The van der Waals surface area contributed by atoms with E-state index in [9.17, 15) is 18.8 Å². The zero-order chi connectivity index (χ0) is 14.3. The topological polar surface area (TPSA) is 40.9 Å². The average molecular weight is 263 g/mol. The number of ketones is 1. The number of nitriles is 1. The summed E-state index contributed by atoms with van der Waals surface area (Å²) in [5, 5.41) is 9.37. The van der Waals surface area contributed by atoms with Crippen molar-refractivity contribution in [3.8, 4) is 6.07 Å². The number of hydrogen-bond donors (Lipinski definition) is 0. The minimum atomic E-state index is -1.10. The van der Waals surface area contributed by atoms with Crippen molar-refractivity contribution in [2.45, 2.75) is 33.1 Å².